The summed E-state index contributed by atoms with van der Waals surface area (Å²) in [6.45, 7) is 5.77. The lowest BCUT2D eigenvalue weighted by atomic mass is 9.90. The molecular formula is C29H33BrF3N3O. The van der Waals surface area contributed by atoms with Crippen LogP contribution in [-0.2, 0) is 6.18 Å². The molecule has 4 nitrogen and oxygen atoms in total. The molecule has 4 rings (SSSR count). The van der Waals surface area contributed by atoms with Crippen LogP contribution in [0.3, 0.4) is 0 Å². The fourth-order valence-electron chi connectivity index (χ4n) is 5.33. The van der Waals surface area contributed by atoms with Crippen molar-refractivity contribution in [1.29, 1.82) is 0 Å². The molecule has 0 saturated carbocycles. The molecular weight excluding hydrogens is 543 g/mol. The van der Waals surface area contributed by atoms with E-state index in [1.807, 2.05) is 32.0 Å². The highest BCUT2D eigenvalue weighted by Gasteiger charge is 2.35. The Balaban J connectivity index is 1.69. The van der Waals surface area contributed by atoms with Crippen LogP contribution in [0, 0.1) is 6.92 Å². The highest BCUT2D eigenvalue weighted by molar-refractivity contribution is 9.10. The molecule has 1 aromatic heterocycles. The van der Waals surface area contributed by atoms with Gasteiger partial charge in [-0.3, -0.25) is 4.79 Å². The quantitative estimate of drug-likeness (QED) is 0.310. The fourth-order valence-corrected chi connectivity index (χ4v) is 5.69. The molecule has 2 heterocycles. The molecule has 1 saturated heterocycles. The van der Waals surface area contributed by atoms with Crippen LogP contribution >= 0.6 is 15.9 Å². The second-order valence-electron chi connectivity index (χ2n) is 9.78. The first kappa shape index (κ1) is 27.4. The third-order valence-corrected chi connectivity index (χ3v) is 7.64. The molecule has 1 aliphatic rings. The predicted molar refractivity (Wildman–Crippen MR) is 146 cm³/mol. The van der Waals surface area contributed by atoms with Gasteiger partial charge in [0.1, 0.15) is 5.82 Å². The topological polar surface area (TPSA) is 45.2 Å². The van der Waals surface area contributed by atoms with E-state index in [4.69, 9.17) is 4.98 Å². The van der Waals surface area contributed by atoms with Crippen molar-refractivity contribution in [2.45, 2.75) is 64.5 Å². The van der Waals surface area contributed by atoms with Crippen LogP contribution in [0.2, 0.25) is 0 Å². The Labute approximate surface area is 224 Å². The number of aromatic nitrogens is 1. The minimum absolute atomic E-state index is 0.121. The number of carbonyl (C=O) groups is 1. The van der Waals surface area contributed by atoms with Crippen molar-refractivity contribution in [2.24, 2.45) is 0 Å². The van der Waals surface area contributed by atoms with E-state index in [2.05, 4.69) is 26.1 Å². The number of nitrogens with zero attached hydrogens (tertiary/aromatic N) is 2. The molecule has 0 bridgehead atoms. The number of hydrogen-bond acceptors (Lipinski definition) is 3. The molecule has 1 unspecified atom stereocenters. The fraction of sp³-hybridized carbons (Fsp3) is 0.448. The smallest absolute Gasteiger partial charge is 0.356 e. The molecule has 8 heteroatoms. The molecule has 1 amide bonds. The van der Waals surface area contributed by atoms with Gasteiger partial charge in [0.25, 0.3) is 5.91 Å². The Morgan fingerprint density at radius 3 is 2.49 bits per heavy atom. The first-order chi connectivity index (χ1) is 17.7. The molecule has 37 heavy (non-hydrogen) atoms. The van der Waals surface area contributed by atoms with E-state index in [1.165, 1.54) is 25.0 Å². The van der Waals surface area contributed by atoms with Gasteiger partial charge in [-0.2, -0.15) is 13.2 Å². The number of benzene rings is 2. The molecule has 1 fully saturated rings. The lowest BCUT2D eigenvalue weighted by Crippen LogP contribution is -2.31. The largest absolute Gasteiger partial charge is 0.416 e. The van der Waals surface area contributed by atoms with Crippen molar-refractivity contribution >= 4 is 38.6 Å². The number of nitrogens with one attached hydrogen (secondary N) is 1. The van der Waals surface area contributed by atoms with Gasteiger partial charge < -0.3 is 10.2 Å². The van der Waals surface area contributed by atoms with Crippen LogP contribution in [0.15, 0.2) is 46.9 Å². The van der Waals surface area contributed by atoms with Gasteiger partial charge in [0.15, 0.2) is 0 Å². The van der Waals surface area contributed by atoms with Gasteiger partial charge in [-0.15, -0.1) is 0 Å². The van der Waals surface area contributed by atoms with Crippen LogP contribution in [0.25, 0.3) is 10.9 Å². The molecule has 0 spiro atoms. The molecule has 0 aliphatic carbocycles. The maximum absolute atomic E-state index is 13.7. The third-order valence-electron chi connectivity index (χ3n) is 7.15. The number of halogens is 4. The average molecular weight is 577 g/mol. The van der Waals surface area contributed by atoms with Gasteiger partial charge in [0.2, 0.25) is 0 Å². The summed E-state index contributed by atoms with van der Waals surface area (Å²) < 4.78 is 42.0. The van der Waals surface area contributed by atoms with E-state index in [1.54, 1.807) is 6.07 Å². The number of alkyl halides is 3. The van der Waals surface area contributed by atoms with Crippen LogP contribution in [0.4, 0.5) is 19.0 Å². The maximum Gasteiger partial charge on any atom is 0.416 e. The van der Waals surface area contributed by atoms with Crippen LogP contribution in [0.5, 0.6) is 0 Å². The van der Waals surface area contributed by atoms with E-state index in [9.17, 15) is 18.0 Å². The molecule has 1 atom stereocenters. The standard InChI is InChI=1S/C29H33BrF3N3O/c1-3-10-20(22-11-6-7-12-24(22)29(31,32)33)18-34-28(37)26-19(2)27(36-15-8-4-5-9-16-36)35-25-14-13-21(30)17-23(25)26/h6-7,11-14,17,20H,3-5,8-10,15-16,18H2,1-2H3,(H,34,37). The lowest BCUT2D eigenvalue weighted by Gasteiger charge is -2.26. The molecule has 0 radical (unpaired) electrons. The number of rotatable bonds is 7. The lowest BCUT2D eigenvalue weighted by molar-refractivity contribution is -0.138. The van der Waals surface area contributed by atoms with Crippen LogP contribution in [0.1, 0.15) is 78.4 Å². The zero-order valence-corrected chi connectivity index (χ0v) is 22.9. The summed E-state index contributed by atoms with van der Waals surface area (Å²) in [6.07, 6.45) is 1.32. The van der Waals surface area contributed by atoms with Gasteiger partial charge in [-0.05, 0) is 56.0 Å². The van der Waals surface area contributed by atoms with Crippen molar-refractivity contribution in [3.05, 3.63) is 69.2 Å². The van der Waals surface area contributed by atoms with Gasteiger partial charge in [0.05, 0.1) is 16.6 Å². The van der Waals surface area contributed by atoms with Gasteiger partial charge in [-0.25, -0.2) is 4.98 Å². The van der Waals surface area contributed by atoms with Crippen LogP contribution < -0.4 is 10.2 Å². The van der Waals surface area contributed by atoms with E-state index < -0.39 is 17.7 Å². The summed E-state index contributed by atoms with van der Waals surface area (Å²) in [7, 11) is 0. The van der Waals surface area contributed by atoms with Crippen molar-refractivity contribution in [2.75, 3.05) is 24.5 Å². The van der Waals surface area contributed by atoms with E-state index in [-0.39, 0.29) is 18.0 Å². The summed E-state index contributed by atoms with van der Waals surface area (Å²) in [5, 5.41) is 3.72. The highest BCUT2D eigenvalue weighted by Crippen LogP contribution is 2.37. The zero-order chi connectivity index (χ0) is 26.6. The summed E-state index contributed by atoms with van der Waals surface area (Å²) in [5.41, 5.74) is 1.64. The maximum atomic E-state index is 13.7. The molecule has 198 valence electrons. The van der Waals surface area contributed by atoms with Gasteiger partial charge in [0, 0.05) is 41.0 Å². The molecule has 1 aliphatic heterocycles. The summed E-state index contributed by atoms with van der Waals surface area (Å²) in [5.74, 6) is 0.0797. The minimum Gasteiger partial charge on any atom is -0.356 e. The second kappa shape index (κ2) is 11.8. The average Bonchev–Trinajstić information content (AvgIpc) is 3.15. The number of anilines is 1. The summed E-state index contributed by atoms with van der Waals surface area (Å²) in [6, 6.07) is 11.4. The number of pyridine rings is 1. The Morgan fingerprint density at radius 2 is 1.81 bits per heavy atom. The first-order valence-electron chi connectivity index (χ1n) is 13.0. The summed E-state index contributed by atoms with van der Waals surface area (Å²) in [4.78, 5) is 20.9. The molecule has 1 N–H and O–H groups in total. The zero-order valence-electron chi connectivity index (χ0n) is 21.3. The van der Waals surface area contributed by atoms with Crippen molar-refractivity contribution < 1.29 is 18.0 Å². The van der Waals surface area contributed by atoms with Gasteiger partial charge >= 0.3 is 6.18 Å². The van der Waals surface area contributed by atoms with E-state index in [0.717, 1.165) is 58.8 Å². The Hall–Kier alpha value is -2.61. The number of carbonyl (C=O) groups excluding carboxylic acids is 1. The highest BCUT2D eigenvalue weighted by atomic mass is 79.9. The van der Waals surface area contributed by atoms with Crippen molar-refractivity contribution in [3.63, 3.8) is 0 Å². The van der Waals surface area contributed by atoms with E-state index >= 15 is 0 Å². The van der Waals surface area contributed by atoms with Crippen molar-refractivity contribution in [3.8, 4) is 0 Å². The van der Waals surface area contributed by atoms with E-state index in [0.29, 0.717) is 18.4 Å². The second-order valence-corrected chi connectivity index (χ2v) is 10.7. The minimum atomic E-state index is -4.45. The normalized spacial score (nSPS) is 15.5. The Kier molecular flexibility index (Phi) is 8.78. The Bertz CT molecular complexity index is 1250. The number of hydrogen-bond donors (Lipinski definition) is 1. The van der Waals surface area contributed by atoms with Gasteiger partial charge in [-0.1, -0.05) is 60.3 Å². The number of fused-ring (bicyclic) bond motifs is 1. The first-order valence-corrected chi connectivity index (χ1v) is 13.8. The third kappa shape index (κ3) is 6.28. The monoisotopic (exact) mass is 575 g/mol. The number of amides is 1. The van der Waals surface area contributed by atoms with Crippen LogP contribution in [-0.4, -0.2) is 30.5 Å². The SMILES string of the molecule is CCCC(CNC(=O)c1c(C)c(N2CCCCCC2)nc2ccc(Br)cc12)c1ccccc1C(F)(F)F. The Morgan fingerprint density at radius 1 is 1.11 bits per heavy atom. The summed E-state index contributed by atoms with van der Waals surface area (Å²) >= 11 is 3.51. The molecule has 2 aromatic carbocycles. The van der Waals surface area contributed by atoms with Crippen molar-refractivity contribution in [1.82, 2.24) is 10.3 Å². The predicted octanol–water partition coefficient (Wildman–Crippen LogP) is 8.02. The molecule has 3 aromatic rings.